The molecule has 0 N–H and O–H groups in total. The second kappa shape index (κ2) is 4.91. The number of benzene rings is 1. The van der Waals surface area contributed by atoms with Crippen molar-refractivity contribution >= 4 is 28.6 Å². The molecule has 0 unspecified atom stereocenters. The van der Waals surface area contributed by atoms with E-state index in [1.165, 1.54) is 0 Å². The molecule has 0 radical (unpaired) electrons. The topological polar surface area (TPSA) is 56.0 Å². The van der Waals surface area contributed by atoms with Crippen LogP contribution in [0.15, 0.2) is 47.8 Å². The van der Waals surface area contributed by atoms with Gasteiger partial charge in [-0.15, -0.1) is 21.5 Å². The Morgan fingerprint density at radius 1 is 1.00 bits per heavy atom. The molecular weight excluding hydrogens is 306 g/mol. The summed E-state index contributed by atoms with van der Waals surface area (Å²) < 4.78 is 1.60. The molecule has 102 valence electrons. The van der Waals surface area contributed by atoms with Crippen molar-refractivity contribution in [3.8, 4) is 22.1 Å². The minimum atomic E-state index is 0.391. The highest BCUT2D eigenvalue weighted by atomic mass is 35.5. The van der Waals surface area contributed by atoms with Gasteiger partial charge >= 0.3 is 0 Å². The van der Waals surface area contributed by atoms with Crippen LogP contribution in [0.2, 0.25) is 5.15 Å². The van der Waals surface area contributed by atoms with Crippen molar-refractivity contribution < 1.29 is 0 Å². The molecule has 21 heavy (non-hydrogen) atoms. The van der Waals surface area contributed by atoms with Gasteiger partial charge in [-0.3, -0.25) is 0 Å². The Bertz CT molecular complexity index is 915. The molecule has 0 amide bonds. The fourth-order valence-corrected chi connectivity index (χ4v) is 2.96. The summed E-state index contributed by atoms with van der Waals surface area (Å²) in [6.45, 7) is 0. The lowest BCUT2D eigenvalue weighted by Gasteiger charge is -1.96. The molecular formula is C14H8ClN5S. The van der Waals surface area contributed by atoms with Gasteiger partial charge < -0.3 is 0 Å². The normalized spacial score (nSPS) is 11.1. The van der Waals surface area contributed by atoms with Crippen LogP contribution in [0.4, 0.5) is 0 Å². The summed E-state index contributed by atoms with van der Waals surface area (Å²) >= 11 is 7.49. The maximum atomic E-state index is 5.93. The molecule has 3 aromatic heterocycles. The molecule has 0 aliphatic heterocycles. The van der Waals surface area contributed by atoms with Gasteiger partial charge in [-0.05, 0) is 12.1 Å². The third-order valence-electron chi connectivity index (χ3n) is 2.98. The van der Waals surface area contributed by atoms with Crippen molar-refractivity contribution in [1.82, 2.24) is 24.8 Å². The molecule has 4 rings (SSSR count). The van der Waals surface area contributed by atoms with E-state index in [9.17, 15) is 0 Å². The molecule has 1 aromatic carbocycles. The molecule has 0 spiro atoms. The number of hydrogen-bond acceptors (Lipinski definition) is 5. The maximum Gasteiger partial charge on any atom is 0.204 e. The first-order valence-corrected chi connectivity index (χ1v) is 7.46. The molecule has 0 aliphatic carbocycles. The van der Waals surface area contributed by atoms with E-state index in [0.29, 0.717) is 16.6 Å². The second-order valence-electron chi connectivity index (χ2n) is 4.35. The molecule has 4 aromatic rings. The van der Waals surface area contributed by atoms with Gasteiger partial charge in [-0.2, -0.15) is 9.61 Å². The largest absolute Gasteiger partial charge is 0.233 e. The first kappa shape index (κ1) is 12.4. The summed E-state index contributed by atoms with van der Waals surface area (Å²) in [7, 11) is 0. The van der Waals surface area contributed by atoms with E-state index in [2.05, 4.69) is 20.3 Å². The molecule has 5 nitrogen and oxygen atoms in total. The summed E-state index contributed by atoms with van der Waals surface area (Å²) in [4.78, 5) is 4.61. The van der Waals surface area contributed by atoms with Crippen molar-refractivity contribution in [3.63, 3.8) is 0 Å². The SMILES string of the molecule is Clc1ccc2nnc(-c3csc(-c4ccccc4)n3)n2n1. The second-order valence-corrected chi connectivity index (χ2v) is 5.60. The average molecular weight is 314 g/mol. The van der Waals surface area contributed by atoms with Gasteiger partial charge in [0.05, 0.1) is 0 Å². The Kier molecular flexibility index (Phi) is 2.90. The predicted molar refractivity (Wildman–Crippen MR) is 82.3 cm³/mol. The third-order valence-corrected chi connectivity index (χ3v) is 4.08. The van der Waals surface area contributed by atoms with E-state index in [1.54, 1.807) is 28.0 Å². The van der Waals surface area contributed by atoms with E-state index in [0.717, 1.165) is 16.3 Å². The summed E-state index contributed by atoms with van der Waals surface area (Å²) in [5.41, 5.74) is 2.46. The van der Waals surface area contributed by atoms with E-state index >= 15 is 0 Å². The molecule has 0 atom stereocenters. The van der Waals surface area contributed by atoms with Crippen LogP contribution in [-0.2, 0) is 0 Å². The quantitative estimate of drug-likeness (QED) is 0.567. The first-order chi connectivity index (χ1) is 10.3. The molecule has 0 bridgehead atoms. The summed E-state index contributed by atoms with van der Waals surface area (Å²) in [5.74, 6) is 0.589. The monoisotopic (exact) mass is 313 g/mol. The van der Waals surface area contributed by atoms with Gasteiger partial charge in [-0.25, -0.2) is 4.98 Å². The van der Waals surface area contributed by atoms with Gasteiger partial charge in [0.25, 0.3) is 0 Å². The molecule has 0 saturated carbocycles. The Balaban J connectivity index is 1.83. The standard InChI is InChI=1S/C14H8ClN5S/c15-11-6-7-12-17-18-13(20(12)19-11)10-8-21-14(16-10)9-4-2-1-3-5-9/h1-8H. The Labute approximate surface area is 128 Å². The van der Waals surface area contributed by atoms with Gasteiger partial charge in [0, 0.05) is 10.9 Å². The molecule has 7 heteroatoms. The van der Waals surface area contributed by atoms with Crippen molar-refractivity contribution in [3.05, 3.63) is 53.0 Å². The highest BCUT2D eigenvalue weighted by Gasteiger charge is 2.13. The van der Waals surface area contributed by atoms with Crippen LogP contribution in [0.1, 0.15) is 0 Å². The third kappa shape index (κ3) is 2.18. The predicted octanol–water partition coefficient (Wildman–Crippen LogP) is 3.57. The van der Waals surface area contributed by atoms with E-state index in [4.69, 9.17) is 11.6 Å². The van der Waals surface area contributed by atoms with Crippen LogP contribution in [0.25, 0.3) is 27.7 Å². The van der Waals surface area contributed by atoms with Crippen LogP contribution in [0.3, 0.4) is 0 Å². The molecule has 0 fully saturated rings. The smallest absolute Gasteiger partial charge is 0.204 e. The lowest BCUT2D eigenvalue weighted by molar-refractivity contribution is 0.932. The van der Waals surface area contributed by atoms with Crippen molar-refractivity contribution in [2.45, 2.75) is 0 Å². The van der Waals surface area contributed by atoms with E-state index in [1.807, 2.05) is 35.7 Å². The van der Waals surface area contributed by atoms with Gasteiger partial charge in [-0.1, -0.05) is 41.9 Å². The molecule has 0 aliphatic rings. The maximum absolute atomic E-state index is 5.93. The van der Waals surface area contributed by atoms with Crippen molar-refractivity contribution in [1.29, 1.82) is 0 Å². The number of fused-ring (bicyclic) bond motifs is 1. The highest BCUT2D eigenvalue weighted by molar-refractivity contribution is 7.13. The van der Waals surface area contributed by atoms with Crippen LogP contribution in [0.5, 0.6) is 0 Å². The lowest BCUT2D eigenvalue weighted by Crippen LogP contribution is -1.95. The molecule has 3 heterocycles. The van der Waals surface area contributed by atoms with Gasteiger partial charge in [0.2, 0.25) is 5.82 Å². The Morgan fingerprint density at radius 2 is 1.86 bits per heavy atom. The summed E-state index contributed by atoms with van der Waals surface area (Å²) in [5, 5.41) is 15.7. The minimum absolute atomic E-state index is 0.391. The number of halogens is 1. The number of hydrogen-bond donors (Lipinski definition) is 0. The Hall–Kier alpha value is -2.31. The Morgan fingerprint density at radius 3 is 2.71 bits per heavy atom. The van der Waals surface area contributed by atoms with Crippen LogP contribution in [0, 0.1) is 0 Å². The zero-order valence-corrected chi connectivity index (χ0v) is 12.2. The number of nitrogens with zero attached hydrogens (tertiary/aromatic N) is 5. The van der Waals surface area contributed by atoms with Crippen LogP contribution >= 0.6 is 22.9 Å². The van der Waals surface area contributed by atoms with Crippen LogP contribution < -0.4 is 0 Å². The summed E-state index contributed by atoms with van der Waals surface area (Å²) in [6.07, 6.45) is 0. The highest BCUT2D eigenvalue weighted by Crippen LogP contribution is 2.27. The fourth-order valence-electron chi connectivity index (χ4n) is 2.02. The van der Waals surface area contributed by atoms with E-state index in [-0.39, 0.29) is 0 Å². The van der Waals surface area contributed by atoms with Crippen molar-refractivity contribution in [2.24, 2.45) is 0 Å². The lowest BCUT2D eigenvalue weighted by atomic mass is 10.2. The first-order valence-electron chi connectivity index (χ1n) is 6.20. The average Bonchev–Trinajstić information content (AvgIpc) is 3.14. The van der Waals surface area contributed by atoms with Gasteiger partial charge in [0.15, 0.2) is 5.65 Å². The zero-order chi connectivity index (χ0) is 14.2. The summed E-state index contributed by atoms with van der Waals surface area (Å²) in [6, 6.07) is 13.5. The van der Waals surface area contributed by atoms with E-state index < -0.39 is 0 Å². The zero-order valence-electron chi connectivity index (χ0n) is 10.6. The minimum Gasteiger partial charge on any atom is -0.233 e. The fraction of sp³-hybridized carbons (Fsp3) is 0. The van der Waals surface area contributed by atoms with Gasteiger partial charge in [0.1, 0.15) is 15.9 Å². The molecule has 0 saturated heterocycles. The van der Waals surface area contributed by atoms with Crippen LogP contribution in [-0.4, -0.2) is 24.8 Å². The number of rotatable bonds is 2. The van der Waals surface area contributed by atoms with Crippen molar-refractivity contribution in [2.75, 3.05) is 0 Å². The number of thiazole rings is 1. The number of aromatic nitrogens is 5.